The fourth-order valence-electron chi connectivity index (χ4n) is 5.96. The summed E-state index contributed by atoms with van der Waals surface area (Å²) in [5.74, 6) is -0.121. The number of nitriles is 1. The van der Waals surface area contributed by atoms with Crippen LogP contribution in [0, 0.1) is 11.3 Å². The predicted octanol–water partition coefficient (Wildman–Crippen LogP) is 4.82. The topological polar surface area (TPSA) is 104 Å². The smallest absolute Gasteiger partial charge is 0.257 e. The van der Waals surface area contributed by atoms with Crippen LogP contribution in [-0.4, -0.2) is 52.0 Å². The number of benzene rings is 1. The fourth-order valence-corrected chi connectivity index (χ4v) is 6.81. The van der Waals surface area contributed by atoms with E-state index in [4.69, 9.17) is 9.72 Å². The van der Waals surface area contributed by atoms with E-state index >= 15 is 0 Å². The highest BCUT2D eigenvalue weighted by molar-refractivity contribution is 8.00. The number of aryl methyl sites for hydroxylation is 2. The fraction of sp³-hybridized carbons (Fsp3) is 0.500. The van der Waals surface area contributed by atoms with E-state index in [1.54, 1.807) is 29.2 Å². The molecular weight excluding hydrogens is 512 g/mol. The normalized spacial score (nSPS) is 19.5. The Balaban J connectivity index is 1.36. The van der Waals surface area contributed by atoms with Gasteiger partial charge in [0.15, 0.2) is 0 Å². The van der Waals surface area contributed by atoms with Crippen LogP contribution in [0.15, 0.2) is 35.4 Å². The van der Waals surface area contributed by atoms with Crippen molar-refractivity contribution in [2.75, 3.05) is 17.3 Å². The van der Waals surface area contributed by atoms with Crippen LogP contribution >= 0.6 is 11.8 Å². The molecule has 9 heteroatoms. The number of hydrogen-bond acceptors (Lipinski definition) is 7. The SMILES string of the molecule is CCOc1ccc(N2C(=O)CC(N(C(=O)CSc3nc4c(cc3C#N)CCCC4)C3CCCCC3)C2=O)cc1. The zero-order valence-corrected chi connectivity index (χ0v) is 23.2. The standard InChI is InChI=1S/C30H34N4O4S/c1-2-38-24-14-12-23(13-15-24)34-27(35)17-26(30(34)37)33(22-9-4-3-5-10-22)28(36)19-39-29-21(18-31)16-20-8-6-7-11-25(20)32-29/h12-16,22,26H,2-11,17,19H2,1H3. The highest BCUT2D eigenvalue weighted by Gasteiger charge is 2.46. The Labute approximate surface area is 233 Å². The molecule has 1 aromatic carbocycles. The van der Waals surface area contributed by atoms with Crippen LogP contribution in [0.5, 0.6) is 5.75 Å². The number of thioether (sulfide) groups is 1. The molecule has 2 aliphatic carbocycles. The monoisotopic (exact) mass is 546 g/mol. The van der Waals surface area contributed by atoms with Gasteiger partial charge < -0.3 is 9.64 Å². The number of pyridine rings is 1. The molecule has 1 aromatic heterocycles. The van der Waals surface area contributed by atoms with E-state index in [1.807, 2.05) is 13.0 Å². The summed E-state index contributed by atoms with van der Waals surface area (Å²) < 4.78 is 5.49. The minimum Gasteiger partial charge on any atom is -0.494 e. The molecule has 0 bridgehead atoms. The maximum Gasteiger partial charge on any atom is 0.257 e. The van der Waals surface area contributed by atoms with Crippen LogP contribution in [0.3, 0.4) is 0 Å². The van der Waals surface area contributed by atoms with E-state index < -0.39 is 6.04 Å². The lowest BCUT2D eigenvalue weighted by Gasteiger charge is -2.37. The van der Waals surface area contributed by atoms with Gasteiger partial charge in [0, 0.05) is 11.7 Å². The van der Waals surface area contributed by atoms with Crippen LogP contribution in [0.4, 0.5) is 5.69 Å². The van der Waals surface area contributed by atoms with Crippen molar-refractivity contribution in [2.24, 2.45) is 0 Å². The van der Waals surface area contributed by atoms with Crippen molar-refractivity contribution < 1.29 is 19.1 Å². The van der Waals surface area contributed by atoms with Gasteiger partial charge in [0.2, 0.25) is 11.8 Å². The molecule has 1 unspecified atom stereocenters. The number of carbonyl (C=O) groups is 3. The summed E-state index contributed by atoms with van der Waals surface area (Å²) in [4.78, 5) is 48.2. The van der Waals surface area contributed by atoms with E-state index in [9.17, 15) is 19.6 Å². The van der Waals surface area contributed by atoms with Crippen LogP contribution in [0.25, 0.3) is 0 Å². The number of amides is 3. The second-order valence-electron chi connectivity index (χ2n) is 10.4. The van der Waals surface area contributed by atoms with E-state index in [1.165, 1.54) is 16.7 Å². The van der Waals surface area contributed by atoms with Crippen molar-refractivity contribution in [3.8, 4) is 11.8 Å². The second kappa shape index (κ2) is 12.2. The first-order valence-electron chi connectivity index (χ1n) is 14.0. The van der Waals surface area contributed by atoms with Gasteiger partial charge in [-0.05, 0) is 81.3 Å². The summed E-state index contributed by atoms with van der Waals surface area (Å²) in [6.45, 7) is 2.42. The summed E-state index contributed by atoms with van der Waals surface area (Å²) >= 11 is 1.26. The minimum atomic E-state index is -0.827. The highest BCUT2D eigenvalue weighted by Crippen LogP contribution is 2.33. The van der Waals surface area contributed by atoms with Crippen molar-refractivity contribution in [1.29, 1.82) is 5.26 Å². The van der Waals surface area contributed by atoms with Gasteiger partial charge in [0.1, 0.15) is 22.9 Å². The molecule has 8 nitrogen and oxygen atoms in total. The number of hydrogen-bond donors (Lipinski definition) is 0. The molecular formula is C30H34N4O4S. The number of carbonyl (C=O) groups excluding carboxylic acids is 3. The lowest BCUT2D eigenvalue weighted by Crippen LogP contribution is -2.52. The van der Waals surface area contributed by atoms with Gasteiger partial charge in [-0.25, -0.2) is 9.88 Å². The third-order valence-corrected chi connectivity index (χ3v) is 8.82. The first-order valence-corrected chi connectivity index (χ1v) is 14.9. The summed E-state index contributed by atoms with van der Waals surface area (Å²) in [6.07, 6.45) is 8.68. The molecule has 0 radical (unpaired) electrons. The number of fused-ring (bicyclic) bond motifs is 1. The molecule has 3 aliphatic rings. The minimum absolute atomic E-state index is 0.0283. The lowest BCUT2D eigenvalue weighted by molar-refractivity contribution is -0.139. The zero-order chi connectivity index (χ0) is 27.4. The predicted molar refractivity (Wildman–Crippen MR) is 149 cm³/mol. The van der Waals surface area contributed by atoms with Gasteiger partial charge in [0.05, 0.1) is 30.0 Å². The molecule has 1 atom stereocenters. The van der Waals surface area contributed by atoms with Crippen molar-refractivity contribution in [1.82, 2.24) is 9.88 Å². The first kappa shape index (κ1) is 27.2. The molecule has 39 heavy (non-hydrogen) atoms. The molecule has 1 saturated carbocycles. The molecule has 5 rings (SSSR count). The third-order valence-electron chi connectivity index (χ3n) is 7.84. The largest absolute Gasteiger partial charge is 0.494 e. The number of imide groups is 1. The average molecular weight is 547 g/mol. The van der Waals surface area contributed by atoms with E-state index in [-0.39, 0.29) is 35.9 Å². The van der Waals surface area contributed by atoms with Crippen molar-refractivity contribution in [3.05, 3.63) is 47.2 Å². The number of ether oxygens (including phenoxy) is 1. The van der Waals surface area contributed by atoms with Crippen LogP contribution in [-0.2, 0) is 27.2 Å². The third kappa shape index (κ3) is 5.81. The van der Waals surface area contributed by atoms with Crippen molar-refractivity contribution in [2.45, 2.75) is 88.2 Å². The Bertz CT molecular complexity index is 1280. The van der Waals surface area contributed by atoms with Gasteiger partial charge in [-0.1, -0.05) is 31.0 Å². The highest BCUT2D eigenvalue weighted by atomic mass is 32.2. The number of aromatic nitrogens is 1. The van der Waals surface area contributed by atoms with Gasteiger partial charge in [0.25, 0.3) is 5.91 Å². The summed E-state index contributed by atoms with van der Waals surface area (Å²) in [5, 5.41) is 10.3. The van der Waals surface area contributed by atoms with Crippen molar-refractivity contribution >= 4 is 35.2 Å². The molecule has 0 N–H and O–H groups in total. The van der Waals surface area contributed by atoms with E-state index in [0.717, 1.165) is 69.0 Å². The zero-order valence-electron chi connectivity index (χ0n) is 22.4. The number of anilines is 1. The van der Waals surface area contributed by atoms with Crippen LogP contribution < -0.4 is 9.64 Å². The summed E-state index contributed by atoms with van der Waals surface area (Å²) in [5.41, 5.74) is 3.12. The maximum absolute atomic E-state index is 13.8. The maximum atomic E-state index is 13.8. The summed E-state index contributed by atoms with van der Waals surface area (Å²) in [7, 11) is 0. The van der Waals surface area contributed by atoms with Gasteiger partial charge >= 0.3 is 0 Å². The Morgan fingerprint density at radius 3 is 2.59 bits per heavy atom. The van der Waals surface area contributed by atoms with Gasteiger partial charge in [-0.2, -0.15) is 5.26 Å². The van der Waals surface area contributed by atoms with Gasteiger partial charge in [-0.3, -0.25) is 14.4 Å². The Morgan fingerprint density at radius 2 is 1.87 bits per heavy atom. The molecule has 1 saturated heterocycles. The van der Waals surface area contributed by atoms with Gasteiger partial charge in [-0.15, -0.1) is 0 Å². The molecule has 3 amide bonds. The average Bonchev–Trinajstić information content (AvgIpc) is 3.25. The van der Waals surface area contributed by atoms with Crippen LogP contribution in [0.1, 0.15) is 75.1 Å². The van der Waals surface area contributed by atoms with Crippen LogP contribution in [0.2, 0.25) is 0 Å². The van der Waals surface area contributed by atoms with E-state index in [0.29, 0.717) is 28.6 Å². The summed E-state index contributed by atoms with van der Waals surface area (Å²) in [6, 6.07) is 10.1. The molecule has 0 spiro atoms. The van der Waals surface area contributed by atoms with E-state index in [2.05, 4.69) is 6.07 Å². The Hall–Kier alpha value is -3.38. The Morgan fingerprint density at radius 1 is 1.13 bits per heavy atom. The first-order chi connectivity index (χ1) is 19.0. The Kier molecular flexibility index (Phi) is 8.51. The molecule has 2 aromatic rings. The molecule has 1 aliphatic heterocycles. The number of rotatable bonds is 8. The molecule has 204 valence electrons. The molecule has 2 fully saturated rings. The second-order valence-corrected chi connectivity index (χ2v) is 11.3. The molecule has 2 heterocycles. The lowest BCUT2D eigenvalue weighted by atomic mass is 9.92. The number of nitrogens with zero attached hydrogens (tertiary/aromatic N) is 4. The quantitative estimate of drug-likeness (QED) is 0.346. The van der Waals surface area contributed by atoms with Crippen molar-refractivity contribution in [3.63, 3.8) is 0 Å².